The van der Waals surface area contributed by atoms with Gasteiger partial charge in [0.2, 0.25) is 0 Å². The maximum absolute atomic E-state index is 10.2. The van der Waals surface area contributed by atoms with Crippen molar-refractivity contribution in [3.63, 3.8) is 0 Å². The number of aliphatic hydroxyl groups excluding tert-OH is 1. The van der Waals surface area contributed by atoms with E-state index in [-0.39, 0.29) is 13.0 Å². The smallest absolute Gasteiger partial charge is 0.306 e. The quantitative estimate of drug-likeness (QED) is 0.446. The van der Waals surface area contributed by atoms with Gasteiger partial charge in [0.25, 0.3) is 0 Å². The van der Waals surface area contributed by atoms with Crippen LogP contribution in [0.1, 0.15) is 26.2 Å². The molecule has 0 aliphatic rings. The van der Waals surface area contributed by atoms with Crippen LogP contribution in [0, 0.1) is 4.91 Å². The summed E-state index contributed by atoms with van der Waals surface area (Å²) in [6.07, 6.45) is 0.312. The molecule has 0 saturated heterocycles. The van der Waals surface area contributed by atoms with Crippen LogP contribution in [-0.4, -0.2) is 40.4 Å². The van der Waals surface area contributed by atoms with E-state index >= 15 is 0 Å². The normalized spacial score (nSPS) is 12.1. The Morgan fingerprint density at radius 2 is 2.21 bits per heavy atom. The second-order valence-corrected chi connectivity index (χ2v) is 3.10. The van der Waals surface area contributed by atoms with E-state index in [0.717, 1.165) is 17.9 Å². The van der Waals surface area contributed by atoms with Crippen LogP contribution in [0.2, 0.25) is 0 Å². The van der Waals surface area contributed by atoms with E-state index in [1.165, 1.54) is 0 Å². The van der Waals surface area contributed by atoms with E-state index in [4.69, 9.17) is 5.11 Å². The summed E-state index contributed by atoms with van der Waals surface area (Å²) in [5.41, 5.74) is 0. The average Bonchev–Trinajstić information content (AvgIpc) is 2.10. The third-order valence-electron chi connectivity index (χ3n) is 1.72. The second kappa shape index (κ2) is 7.25. The summed E-state index contributed by atoms with van der Waals surface area (Å²) in [4.78, 5) is 20.5. The number of aliphatic carboxylic acids is 1. The Hall–Kier alpha value is -1.17. The van der Waals surface area contributed by atoms with Gasteiger partial charge in [0.05, 0.1) is 24.4 Å². The standard InChI is InChI=1S/C8H16N2O4/c1-2-3-4-10(9-14)6-7(11)5-8(12)13/h7,11H,2-6H2,1H3,(H,12,13). The molecule has 0 heterocycles. The minimum absolute atomic E-state index is 0.0181. The lowest BCUT2D eigenvalue weighted by Crippen LogP contribution is -2.30. The number of rotatable bonds is 8. The van der Waals surface area contributed by atoms with Crippen molar-refractivity contribution in [2.45, 2.75) is 32.3 Å². The molecule has 0 fully saturated rings. The molecule has 0 saturated carbocycles. The van der Waals surface area contributed by atoms with Crippen LogP contribution < -0.4 is 0 Å². The van der Waals surface area contributed by atoms with Gasteiger partial charge in [0.15, 0.2) is 0 Å². The zero-order valence-corrected chi connectivity index (χ0v) is 8.22. The van der Waals surface area contributed by atoms with Gasteiger partial charge in [0.1, 0.15) is 0 Å². The van der Waals surface area contributed by atoms with Crippen molar-refractivity contribution in [3.05, 3.63) is 4.91 Å². The van der Waals surface area contributed by atoms with Crippen LogP contribution in [0.5, 0.6) is 0 Å². The molecule has 0 bridgehead atoms. The molecule has 1 atom stereocenters. The first-order valence-corrected chi connectivity index (χ1v) is 4.58. The third kappa shape index (κ3) is 6.36. The van der Waals surface area contributed by atoms with Crippen LogP contribution in [-0.2, 0) is 4.79 Å². The van der Waals surface area contributed by atoms with Gasteiger partial charge < -0.3 is 10.2 Å². The number of hydrogen-bond acceptors (Lipinski definition) is 4. The van der Waals surface area contributed by atoms with E-state index in [1.807, 2.05) is 6.92 Å². The van der Waals surface area contributed by atoms with Crippen molar-refractivity contribution in [2.24, 2.45) is 5.29 Å². The van der Waals surface area contributed by atoms with E-state index in [1.54, 1.807) is 0 Å². The topological polar surface area (TPSA) is 90.2 Å². The summed E-state index contributed by atoms with van der Waals surface area (Å²) in [6.45, 7) is 2.41. The maximum Gasteiger partial charge on any atom is 0.306 e. The lowest BCUT2D eigenvalue weighted by Gasteiger charge is -2.17. The molecular weight excluding hydrogens is 188 g/mol. The summed E-state index contributed by atoms with van der Waals surface area (Å²) in [5, 5.41) is 21.4. The van der Waals surface area contributed by atoms with Gasteiger partial charge in [-0.15, -0.1) is 4.91 Å². The van der Waals surface area contributed by atoms with Gasteiger partial charge in [-0.2, -0.15) is 0 Å². The number of carboxylic acid groups (broad SMARTS) is 1. The maximum atomic E-state index is 10.2. The molecule has 0 aromatic rings. The molecule has 14 heavy (non-hydrogen) atoms. The molecule has 6 heteroatoms. The van der Waals surface area contributed by atoms with Gasteiger partial charge in [-0.05, 0) is 6.42 Å². The fourth-order valence-corrected chi connectivity index (χ4v) is 1.02. The molecule has 0 aromatic carbocycles. The predicted molar refractivity (Wildman–Crippen MR) is 50.5 cm³/mol. The van der Waals surface area contributed by atoms with Crippen LogP contribution in [0.25, 0.3) is 0 Å². The van der Waals surface area contributed by atoms with Crippen molar-refractivity contribution in [1.82, 2.24) is 5.01 Å². The summed E-state index contributed by atoms with van der Waals surface area (Å²) < 4.78 is 0. The van der Waals surface area contributed by atoms with Crippen molar-refractivity contribution < 1.29 is 15.0 Å². The van der Waals surface area contributed by atoms with E-state index in [0.29, 0.717) is 6.54 Å². The van der Waals surface area contributed by atoms with Crippen LogP contribution in [0.15, 0.2) is 5.29 Å². The minimum atomic E-state index is -1.08. The van der Waals surface area contributed by atoms with Gasteiger partial charge in [-0.3, -0.25) is 9.80 Å². The first kappa shape index (κ1) is 12.8. The van der Waals surface area contributed by atoms with Crippen LogP contribution in [0.4, 0.5) is 0 Å². The fraction of sp³-hybridized carbons (Fsp3) is 0.875. The Morgan fingerprint density at radius 3 is 2.64 bits per heavy atom. The largest absolute Gasteiger partial charge is 0.481 e. The molecule has 0 aliphatic heterocycles. The predicted octanol–water partition coefficient (Wildman–Crippen LogP) is 0.605. The van der Waals surface area contributed by atoms with Gasteiger partial charge >= 0.3 is 5.97 Å². The number of aliphatic hydroxyl groups is 1. The molecule has 0 radical (unpaired) electrons. The molecule has 0 amide bonds. The molecule has 0 spiro atoms. The van der Waals surface area contributed by atoms with Crippen molar-refractivity contribution in [1.29, 1.82) is 0 Å². The van der Waals surface area contributed by atoms with Gasteiger partial charge in [0, 0.05) is 6.54 Å². The molecular formula is C8H16N2O4. The number of carboxylic acids is 1. The van der Waals surface area contributed by atoms with Crippen molar-refractivity contribution in [2.75, 3.05) is 13.1 Å². The molecule has 0 aromatic heterocycles. The Morgan fingerprint density at radius 1 is 1.57 bits per heavy atom. The highest BCUT2D eigenvalue weighted by Crippen LogP contribution is 2.00. The highest BCUT2D eigenvalue weighted by atomic mass is 16.4. The summed E-state index contributed by atoms with van der Waals surface area (Å²) >= 11 is 0. The Labute approximate surface area is 82.5 Å². The molecule has 6 nitrogen and oxygen atoms in total. The summed E-state index contributed by atoms with van der Waals surface area (Å²) in [7, 11) is 0. The Bertz CT molecular complexity index is 186. The SMILES string of the molecule is CCCCN(CC(O)CC(=O)O)N=O. The van der Waals surface area contributed by atoms with Crippen LogP contribution >= 0.6 is 0 Å². The highest BCUT2D eigenvalue weighted by Gasteiger charge is 2.13. The lowest BCUT2D eigenvalue weighted by atomic mass is 10.2. The Balaban J connectivity index is 3.79. The molecule has 1 unspecified atom stereocenters. The molecule has 0 aliphatic carbocycles. The zero-order valence-electron chi connectivity index (χ0n) is 8.22. The summed E-state index contributed by atoms with van der Waals surface area (Å²) in [6, 6.07) is 0. The monoisotopic (exact) mass is 204 g/mol. The molecule has 82 valence electrons. The van der Waals surface area contributed by atoms with Gasteiger partial charge in [-0.25, -0.2) is 0 Å². The number of hydrogen-bond donors (Lipinski definition) is 2. The highest BCUT2D eigenvalue weighted by molar-refractivity contribution is 5.67. The van der Waals surface area contributed by atoms with Crippen molar-refractivity contribution in [3.8, 4) is 0 Å². The number of unbranched alkanes of at least 4 members (excludes halogenated alkanes) is 1. The average molecular weight is 204 g/mol. The van der Waals surface area contributed by atoms with Crippen LogP contribution in [0.3, 0.4) is 0 Å². The fourth-order valence-electron chi connectivity index (χ4n) is 1.02. The zero-order chi connectivity index (χ0) is 11.0. The van der Waals surface area contributed by atoms with E-state index in [2.05, 4.69) is 5.29 Å². The molecule has 2 N–H and O–H groups in total. The number of nitrogens with zero attached hydrogens (tertiary/aromatic N) is 2. The second-order valence-electron chi connectivity index (χ2n) is 3.10. The van der Waals surface area contributed by atoms with Gasteiger partial charge in [-0.1, -0.05) is 13.3 Å². The number of carbonyl (C=O) groups is 1. The number of nitroso groups, excluding NO2 is 1. The summed E-state index contributed by atoms with van der Waals surface area (Å²) in [5.74, 6) is -1.08. The third-order valence-corrected chi connectivity index (χ3v) is 1.72. The van der Waals surface area contributed by atoms with Crippen molar-refractivity contribution >= 4 is 5.97 Å². The molecule has 0 rings (SSSR count). The lowest BCUT2D eigenvalue weighted by molar-refractivity contribution is -0.139. The minimum Gasteiger partial charge on any atom is -0.481 e. The first-order chi connectivity index (χ1) is 6.60. The first-order valence-electron chi connectivity index (χ1n) is 4.58. The Kier molecular flexibility index (Phi) is 6.65. The van der Waals surface area contributed by atoms with E-state index in [9.17, 15) is 14.8 Å². The van der Waals surface area contributed by atoms with E-state index < -0.39 is 12.1 Å².